The lowest BCUT2D eigenvalue weighted by Crippen LogP contribution is -2.37. The lowest BCUT2D eigenvalue weighted by Gasteiger charge is -2.22. The molecule has 1 aromatic heterocycles. The second-order valence-electron chi connectivity index (χ2n) is 4.30. The molecular formula is C12H14N2O3. The van der Waals surface area contributed by atoms with Gasteiger partial charge >= 0.3 is 0 Å². The van der Waals surface area contributed by atoms with Gasteiger partial charge in [-0.3, -0.25) is 9.78 Å². The molecule has 0 bridgehead atoms. The number of aromatic nitrogens is 1. The van der Waals surface area contributed by atoms with E-state index in [9.17, 15) is 4.79 Å². The number of carbonyl (C=O) groups excluding carboxylic acids is 1. The molecule has 1 amide bonds. The minimum absolute atomic E-state index is 0.0541. The third kappa shape index (κ3) is 1.92. The first-order valence-corrected chi connectivity index (χ1v) is 5.77. The molecule has 3 rings (SSSR count). The summed E-state index contributed by atoms with van der Waals surface area (Å²) in [6.07, 6.45) is 2.37. The zero-order valence-electron chi connectivity index (χ0n) is 9.46. The highest BCUT2D eigenvalue weighted by Gasteiger charge is 2.45. The summed E-state index contributed by atoms with van der Waals surface area (Å²) in [5, 5.41) is 0. The number of nitrogens with zero attached hydrogens (tertiary/aromatic N) is 2. The zero-order chi connectivity index (χ0) is 11.7. The molecule has 2 fully saturated rings. The Morgan fingerprint density at radius 3 is 2.88 bits per heavy atom. The van der Waals surface area contributed by atoms with Crippen molar-refractivity contribution < 1.29 is 14.3 Å². The van der Waals surface area contributed by atoms with Crippen molar-refractivity contribution in [2.75, 3.05) is 26.3 Å². The number of carbonyl (C=O) groups is 1. The van der Waals surface area contributed by atoms with Crippen molar-refractivity contribution in [2.45, 2.75) is 12.2 Å². The van der Waals surface area contributed by atoms with E-state index >= 15 is 0 Å². The van der Waals surface area contributed by atoms with Crippen molar-refractivity contribution in [1.29, 1.82) is 0 Å². The molecule has 5 nitrogen and oxygen atoms in total. The van der Waals surface area contributed by atoms with Crippen LogP contribution in [0.2, 0.25) is 0 Å². The molecule has 2 aliphatic rings. The minimum atomic E-state index is -0.551. The largest absolute Gasteiger partial charge is 0.346 e. The predicted octanol–water partition coefficient (Wildman–Crippen LogP) is 0.671. The molecule has 5 heteroatoms. The van der Waals surface area contributed by atoms with E-state index < -0.39 is 5.79 Å². The van der Waals surface area contributed by atoms with Gasteiger partial charge in [-0.2, -0.15) is 0 Å². The molecule has 0 saturated carbocycles. The van der Waals surface area contributed by atoms with Crippen molar-refractivity contribution in [1.82, 2.24) is 9.88 Å². The molecule has 90 valence electrons. The standard InChI is InChI=1S/C12H14N2O3/c15-11(10-3-1-2-5-13-10)14-6-4-12(9-14)16-7-8-17-12/h1-3,5H,4,6-9H2. The van der Waals surface area contributed by atoms with Gasteiger partial charge in [0.25, 0.3) is 5.91 Å². The van der Waals surface area contributed by atoms with Crippen molar-refractivity contribution in [3.05, 3.63) is 30.1 Å². The van der Waals surface area contributed by atoms with Crippen LogP contribution in [0, 0.1) is 0 Å². The molecule has 0 N–H and O–H groups in total. The molecule has 3 heterocycles. The normalized spacial score (nSPS) is 22.2. The van der Waals surface area contributed by atoms with Gasteiger partial charge in [0.15, 0.2) is 5.79 Å². The van der Waals surface area contributed by atoms with Crippen LogP contribution >= 0.6 is 0 Å². The summed E-state index contributed by atoms with van der Waals surface area (Å²) < 4.78 is 11.2. The number of rotatable bonds is 1. The highest BCUT2D eigenvalue weighted by molar-refractivity contribution is 5.92. The fourth-order valence-corrected chi connectivity index (χ4v) is 2.31. The highest BCUT2D eigenvalue weighted by Crippen LogP contribution is 2.30. The first-order valence-electron chi connectivity index (χ1n) is 5.77. The quantitative estimate of drug-likeness (QED) is 0.716. The molecule has 1 aromatic rings. The number of amides is 1. The van der Waals surface area contributed by atoms with Crippen LogP contribution in [0.4, 0.5) is 0 Å². The highest BCUT2D eigenvalue weighted by atomic mass is 16.7. The van der Waals surface area contributed by atoms with Crippen LogP contribution in [0.15, 0.2) is 24.4 Å². The monoisotopic (exact) mass is 234 g/mol. The molecule has 2 aliphatic heterocycles. The van der Waals surface area contributed by atoms with E-state index in [2.05, 4.69) is 4.98 Å². The topological polar surface area (TPSA) is 51.7 Å². The van der Waals surface area contributed by atoms with Gasteiger partial charge in [0.1, 0.15) is 5.69 Å². The summed E-state index contributed by atoms with van der Waals surface area (Å²) in [6.45, 7) is 2.40. The molecular weight excluding hydrogens is 220 g/mol. The Labute approximate surface area is 99.3 Å². The second-order valence-corrected chi connectivity index (χ2v) is 4.30. The van der Waals surface area contributed by atoms with E-state index in [1.807, 2.05) is 6.07 Å². The fourth-order valence-electron chi connectivity index (χ4n) is 2.31. The Bertz CT molecular complexity index is 415. The summed E-state index contributed by atoms with van der Waals surface area (Å²) in [7, 11) is 0. The Morgan fingerprint density at radius 1 is 1.35 bits per heavy atom. The summed E-state index contributed by atoms with van der Waals surface area (Å²) in [4.78, 5) is 17.9. The maximum absolute atomic E-state index is 12.1. The van der Waals surface area contributed by atoms with Crippen molar-refractivity contribution >= 4 is 5.91 Å². The van der Waals surface area contributed by atoms with E-state index in [1.165, 1.54) is 0 Å². The number of ether oxygens (including phenoxy) is 2. The van der Waals surface area contributed by atoms with Gasteiger partial charge in [-0.05, 0) is 12.1 Å². The molecule has 17 heavy (non-hydrogen) atoms. The van der Waals surface area contributed by atoms with Crippen LogP contribution in [0.3, 0.4) is 0 Å². The minimum Gasteiger partial charge on any atom is -0.346 e. The maximum Gasteiger partial charge on any atom is 0.272 e. The summed E-state index contributed by atoms with van der Waals surface area (Å²) >= 11 is 0. The van der Waals surface area contributed by atoms with Crippen LogP contribution in [-0.2, 0) is 9.47 Å². The smallest absolute Gasteiger partial charge is 0.272 e. The summed E-state index contributed by atoms with van der Waals surface area (Å²) in [5.41, 5.74) is 0.475. The summed E-state index contributed by atoms with van der Waals surface area (Å²) in [5.74, 6) is -0.605. The number of hydrogen-bond acceptors (Lipinski definition) is 4. The predicted molar refractivity (Wildman–Crippen MR) is 59.4 cm³/mol. The first kappa shape index (κ1) is 10.7. The van der Waals surface area contributed by atoms with Gasteiger partial charge in [0.2, 0.25) is 0 Å². The number of hydrogen-bond donors (Lipinski definition) is 0. The SMILES string of the molecule is O=C(c1ccccn1)N1CCC2(C1)OCCO2. The van der Waals surface area contributed by atoms with Gasteiger partial charge in [-0.15, -0.1) is 0 Å². The summed E-state index contributed by atoms with van der Waals surface area (Å²) in [6, 6.07) is 5.34. The molecule has 0 radical (unpaired) electrons. The van der Waals surface area contributed by atoms with Gasteiger partial charge in [-0.1, -0.05) is 6.07 Å². The zero-order valence-corrected chi connectivity index (χ0v) is 9.46. The van der Waals surface area contributed by atoms with E-state index in [0.717, 1.165) is 6.42 Å². The van der Waals surface area contributed by atoms with E-state index in [4.69, 9.17) is 9.47 Å². The number of pyridine rings is 1. The Morgan fingerprint density at radius 2 is 2.18 bits per heavy atom. The fraction of sp³-hybridized carbons (Fsp3) is 0.500. The van der Waals surface area contributed by atoms with Crippen LogP contribution in [0.5, 0.6) is 0 Å². The molecule has 2 saturated heterocycles. The first-order chi connectivity index (χ1) is 8.29. The van der Waals surface area contributed by atoms with Gasteiger partial charge < -0.3 is 14.4 Å². The Kier molecular flexibility index (Phi) is 2.57. The number of likely N-dealkylation sites (tertiary alicyclic amines) is 1. The third-order valence-corrected chi connectivity index (χ3v) is 3.18. The maximum atomic E-state index is 12.1. The lowest BCUT2D eigenvalue weighted by atomic mass is 10.2. The van der Waals surface area contributed by atoms with Crippen molar-refractivity contribution in [3.8, 4) is 0 Å². The lowest BCUT2D eigenvalue weighted by molar-refractivity contribution is -0.143. The second kappa shape index (κ2) is 4.09. The van der Waals surface area contributed by atoms with E-state index in [-0.39, 0.29) is 5.91 Å². The molecule has 0 aliphatic carbocycles. The van der Waals surface area contributed by atoms with Gasteiger partial charge in [-0.25, -0.2) is 0 Å². The Balaban J connectivity index is 1.73. The average Bonchev–Trinajstić information content (AvgIpc) is 3.01. The molecule has 0 atom stereocenters. The van der Waals surface area contributed by atoms with Crippen molar-refractivity contribution in [2.24, 2.45) is 0 Å². The van der Waals surface area contributed by atoms with Crippen molar-refractivity contribution in [3.63, 3.8) is 0 Å². The molecule has 0 unspecified atom stereocenters. The van der Waals surface area contributed by atoms with E-state index in [1.54, 1.807) is 23.2 Å². The van der Waals surface area contributed by atoms with Gasteiger partial charge in [0, 0.05) is 19.2 Å². The van der Waals surface area contributed by atoms with Gasteiger partial charge in [0.05, 0.1) is 19.8 Å². The Hall–Kier alpha value is -1.46. The third-order valence-electron chi connectivity index (χ3n) is 3.18. The molecule has 1 spiro atoms. The molecule has 0 aromatic carbocycles. The van der Waals surface area contributed by atoms with Crippen LogP contribution in [0.25, 0.3) is 0 Å². The average molecular weight is 234 g/mol. The van der Waals surface area contributed by atoms with E-state index in [0.29, 0.717) is 32.0 Å². The van der Waals surface area contributed by atoms with Crippen LogP contribution in [-0.4, -0.2) is 47.9 Å². The van der Waals surface area contributed by atoms with Crippen LogP contribution < -0.4 is 0 Å². The van der Waals surface area contributed by atoms with Crippen LogP contribution in [0.1, 0.15) is 16.9 Å².